The Hall–Kier alpha value is -2.71. The van der Waals surface area contributed by atoms with Crippen molar-refractivity contribution in [1.82, 2.24) is 14.7 Å². The monoisotopic (exact) mass is 497 g/mol. The molecule has 0 N–H and O–H groups in total. The van der Waals surface area contributed by atoms with E-state index < -0.39 is 0 Å². The molecule has 0 saturated carbocycles. The van der Waals surface area contributed by atoms with Crippen LogP contribution in [0.4, 0.5) is 0 Å². The first-order chi connectivity index (χ1) is 16.9. The van der Waals surface area contributed by atoms with Crippen LogP contribution in [0.25, 0.3) is 0 Å². The number of nitrogens with zero attached hydrogens (tertiary/aromatic N) is 3. The van der Waals surface area contributed by atoms with Crippen LogP contribution in [-0.4, -0.2) is 77.9 Å². The first kappa shape index (κ1) is 25.4. The van der Waals surface area contributed by atoms with E-state index in [2.05, 4.69) is 47.5 Å². The molecule has 7 nitrogen and oxygen atoms in total. The smallest absolute Gasteiger partial charge is 0.306 e. The van der Waals surface area contributed by atoms with Gasteiger partial charge in [0.2, 0.25) is 11.8 Å². The van der Waals surface area contributed by atoms with Gasteiger partial charge in [-0.05, 0) is 55.3 Å². The standard InChI is InChI=1S/C27H35N3O4S/c1-4-34-26(33)10-9-24(31)30-15-14-28(17-20(30)3)25(32)18-29-13-11-23-22(12-16-35-23)27(29)21-8-6-5-7-19(21)2/h5-8,12,16,20,27H,4,9-11,13-15,17-18H2,1-3H3/t20-,27-/m0/s1. The topological polar surface area (TPSA) is 70.2 Å². The van der Waals surface area contributed by atoms with Gasteiger partial charge < -0.3 is 14.5 Å². The molecule has 0 bridgehead atoms. The second kappa shape index (κ2) is 11.4. The molecule has 8 heteroatoms. The number of hydrogen-bond donors (Lipinski definition) is 0. The number of rotatable bonds is 7. The van der Waals surface area contributed by atoms with E-state index in [-0.39, 0.29) is 42.7 Å². The zero-order valence-electron chi connectivity index (χ0n) is 20.9. The fourth-order valence-electron chi connectivity index (χ4n) is 5.21. The molecule has 1 aromatic heterocycles. The summed E-state index contributed by atoms with van der Waals surface area (Å²) in [4.78, 5) is 45.0. The third kappa shape index (κ3) is 5.76. The highest BCUT2D eigenvalue weighted by atomic mass is 32.1. The normalized spacial score (nSPS) is 20.4. The Kier molecular flexibility index (Phi) is 8.23. The van der Waals surface area contributed by atoms with E-state index in [1.165, 1.54) is 21.6 Å². The Morgan fingerprint density at radius 3 is 2.57 bits per heavy atom. The summed E-state index contributed by atoms with van der Waals surface area (Å²) in [5, 5.41) is 2.15. The lowest BCUT2D eigenvalue weighted by Crippen LogP contribution is -2.57. The van der Waals surface area contributed by atoms with Crippen molar-refractivity contribution in [2.24, 2.45) is 0 Å². The number of esters is 1. The number of fused-ring (bicyclic) bond motifs is 1. The van der Waals surface area contributed by atoms with E-state index in [1.807, 2.05) is 11.8 Å². The summed E-state index contributed by atoms with van der Waals surface area (Å²) in [7, 11) is 0. The zero-order valence-corrected chi connectivity index (χ0v) is 21.7. The van der Waals surface area contributed by atoms with Gasteiger partial charge in [0, 0.05) is 43.5 Å². The van der Waals surface area contributed by atoms with Crippen LogP contribution in [0.15, 0.2) is 35.7 Å². The zero-order chi connectivity index (χ0) is 24.9. The van der Waals surface area contributed by atoms with E-state index in [9.17, 15) is 14.4 Å². The summed E-state index contributed by atoms with van der Waals surface area (Å²) in [6, 6.07) is 10.6. The van der Waals surface area contributed by atoms with Crippen molar-refractivity contribution >= 4 is 29.1 Å². The predicted octanol–water partition coefficient (Wildman–Crippen LogP) is 3.41. The Balaban J connectivity index is 1.39. The molecule has 188 valence electrons. The molecule has 2 atom stereocenters. The maximum absolute atomic E-state index is 13.4. The van der Waals surface area contributed by atoms with E-state index in [1.54, 1.807) is 23.2 Å². The van der Waals surface area contributed by atoms with Crippen LogP contribution >= 0.6 is 11.3 Å². The summed E-state index contributed by atoms with van der Waals surface area (Å²) in [6.07, 6.45) is 1.20. The fraction of sp³-hybridized carbons (Fsp3) is 0.519. The lowest BCUT2D eigenvalue weighted by molar-refractivity contribution is -0.147. The van der Waals surface area contributed by atoms with Crippen LogP contribution in [0.1, 0.15) is 54.3 Å². The number of ether oxygens (including phenoxy) is 1. The number of carbonyl (C=O) groups is 3. The van der Waals surface area contributed by atoms with E-state index in [4.69, 9.17) is 4.74 Å². The minimum atomic E-state index is -0.346. The molecule has 4 rings (SSSR count). The van der Waals surface area contributed by atoms with Crippen molar-refractivity contribution in [1.29, 1.82) is 0 Å². The molecular weight excluding hydrogens is 462 g/mol. The van der Waals surface area contributed by atoms with Crippen molar-refractivity contribution in [3.05, 3.63) is 57.3 Å². The minimum absolute atomic E-state index is 0.0571. The first-order valence-corrected chi connectivity index (χ1v) is 13.4. The van der Waals surface area contributed by atoms with Gasteiger partial charge in [0.1, 0.15) is 0 Å². The Labute approximate surface area is 211 Å². The predicted molar refractivity (Wildman–Crippen MR) is 136 cm³/mol. The van der Waals surface area contributed by atoms with Gasteiger partial charge in [0.25, 0.3) is 0 Å². The quantitative estimate of drug-likeness (QED) is 0.549. The molecule has 0 unspecified atom stereocenters. The number of carbonyl (C=O) groups excluding carboxylic acids is 3. The lowest BCUT2D eigenvalue weighted by atomic mass is 9.90. The van der Waals surface area contributed by atoms with Crippen molar-refractivity contribution < 1.29 is 19.1 Å². The molecule has 0 spiro atoms. The number of amides is 2. The molecule has 2 aliphatic rings. The van der Waals surface area contributed by atoms with Crippen LogP contribution < -0.4 is 0 Å². The van der Waals surface area contributed by atoms with Gasteiger partial charge >= 0.3 is 5.97 Å². The highest BCUT2D eigenvalue weighted by Crippen LogP contribution is 2.38. The minimum Gasteiger partial charge on any atom is -0.466 e. The van der Waals surface area contributed by atoms with Gasteiger partial charge in [0.05, 0.1) is 25.6 Å². The second-order valence-electron chi connectivity index (χ2n) is 9.36. The Morgan fingerprint density at radius 2 is 1.83 bits per heavy atom. The first-order valence-electron chi connectivity index (χ1n) is 12.5. The molecular formula is C27H35N3O4S. The molecule has 2 amide bonds. The molecule has 3 heterocycles. The molecule has 2 aliphatic heterocycles. The van der Waals surface area contributed by atoms with Gasteiger partial charge in [-0.2, -0.15) is 0 Å². The molecule has 0 aliphatic carbocycles. The molecule has 1 aromatic carbocycles. The van der Waals surface area contributed by atoms with Crippen molar-refractivity contribution in [2.45, 2.75) is 52.1 Å². The summed E-state index contributed by atoms with van der Waals surface area (Å²) in [5.74, 6) is -0.299. The number of piperazine rings is 1. The van der Waals surface area contributed by atoms with Gasteiger partial charge in [0.15, 0.2) is 0 Å². The maximum Gasteiger partial charge on any atom is 0.306 e. The van der Waals surface area contributed by atoms with Gasteiger partial charge in [-0.3, -0.25) is 19.3 Å². The SMILES string of the molecule is CCOC(=O)CCC(=O)N1CCN(C(=O)CN2CCc3sccc3[C@@H]2c2ccccc2C)C[C@@H]1C. The Bertz CT molecular complexity index is 1070. The Morgan fingerprint density at radius 1 is 1.03 bits per heavy atom. The summed E-state index contributed by atoms with van der Waals surface area (Å²) in [5.41, 5.74) is 3.80. The second-order valence-corrected chi connectivity index (χ2v) is 10.4. The highest BCUT2D eigenvalue weighted by molar-refractivity contribution is 7.10. The number of benzene rings is 1. The van der Waals surface area contributed by atoms with Crippen LogP contribution in [0.5, 0.6) is 0 Å². The summed E-state index contributed by atoms with van der Waals surface area (Å²) < 4.78 is 4.93. The van der Waals surface area contributed by atoms with Gasteiger partial charge in [-0.1, -0.05) is 24.3 Å². The molecule has 0 radical (unpaired) electrons. The van der Waals surface area contributed by atoms with Gasteiger partial charge in [-0.25, -0.2) is 0 Å². The third-order valence-electron chi connectivity index (χ3n) is 7.04. The molecule has 1 fully saturated rings. The number of thiophene rings is 1. The average molecular weight is 498 g/mol. The summed E-state index contributed by atoms with van der Waals surface area (Å²) in [6.45, 7) is 8.90. The van der Waals surface area contributed by atoms with E-state index >= 15 is 0 Å². The van der Waals surface area contributed by atoms with E-state index in [0.29, 0.717) is 32.8 Å². The maximum atomic E-state index is 13.4. The van der Waals surface area contributed by atoms with Crippen molar-refractivity contribution in [3.8, 4) is 0 Å². The van der Waals surface area contributed by atoms with Crippen molar-refractivity contribution in [2.75, 3.05) is 39.3 Å². The van der Waals surface area contributed by atoms with Crippen LogP contribution in [0.2, 0.25) is 0 Å². The molecule has 1 saturated heterocycles. The number of aryl methyl sites for hydroxylation is 1. The van der Waals surface area contributed by atoms with Crippen LogP contribution in [0, 0.1) is 6.92 Å². The van der Waals surface area contributed by atoms with Crippen LogP contribution in [-0.2, 0) is 25.5 Å². The largest absolute Gasteiger partial charge is 0.466 e. The van der Waals surface area contributed by atoms with Crippen LogP contribution in [0.3, 0.4) is 0 Å². The van der Waals surface area contributed by atoms with Crippen molar-refractivity contribution in [3.63, 3.8) is 0 Å². The number of hydrogen-bond acceptors (Lipinski definition) is 6. The van der Waals surface area contributed by atoms with E-state index in [0.717, 1.165) is 13.0 Å². The third-order valence-corrected chi connectivity index (χ3v) is 8.03. The highest BCUT2D eigenvalue weighted by Gasteiger charge is 2.35. The molecule has 35 heavy (non-hydrogen) atoms. The fourth-order valence-corrected chi connectivity index (χ4v) is 6.11. The van der Waals surface area contributed by atoms with Gasteiger partial charge in [-0.15, -0.1) is 11.3 Å². The lowest BCUT2D eigenvalue weighted by Gasteiger charge is -2.42. The average Bonchev–Trinajstić information content (AvgIpc) is 3.32. The summed E-state index contributed by atoms with van der Waals surface area (Å²) >= 11 is 1.80. The molecule has 2 aromatic rings.